The van der Waals surface area contributed by atoms with Gasteiger partial charge in [-0.25, -0.2) is 0 Å². The zero-order valence-corrected chi connectivity index (χ0v) is 19.5. The molecule has 0 N–H and O–H groups in total. The molecule has 1 aromatic heterocycles. The molecule has 0 unspecified atom stereocenters. The lowest BCUT2D eigenvalue weighted by molar-refractivity contribution is 0.578. The van der Waals surface area contributed by atoms with Crippen molar-refractivity contribution in [2.75, 3.05) is 0 Å². The van der Waals surface area contributed by atoms with Crippen molar-refractivity contribution in [2.24, 2.45) is 0 Å². The minimum absolute atomic E-state index is 0.0132. The van der Waals surface area contributed by atoms with E-state index in [2.05, 4.69) is 0 Å². The molecule has 1 nitrogen and oxygen atoms in total. The van der Waals surface area contributed by atoms with Crippen molar-refractivity contribution in [2.45, 2.75) is 32.1 Å². The second kappa shape index (κ2) is 7.70. The molecule has 0 amide bonds. The fourth-order valence-electron chi connectivity index (χ4n) is 5.10. The molecule has 1 aliphatic carbocycles. The summed E-state index contributed by atoms with van der Waals surface area (Å²) in [4.78, 5) is 0. The van der Waals surface area contributed by atoms with Crippen molar-refractivity contribution in [1.29, 1.82) is 0 Å². The van der Waals surface area contributed by atoms with Crippen LogP contribution in [0.2, 0.25) is 0 Å². The first-order chi connectivity index (χ1) is 25.4. The summed E-state index contributed by atoms with van der Waals surface area (Å²) < 4.78 is 169. The highest BCUT2D eigenvalue weighted by Crippen LogP contribution is 2.51. The van der Waals surface area contributed by atoms with Crippen molar-refractivity contribution in [3.05, 3.63) is 137 Å². The van der Waals surface area contributed by atoms with Crippen molar-refractivity contribution in [3.8, 4) is 16.8 Å². The second-order valence-corrected chi connectivity index (χ2v) is 9.56. The van der Waals surface area contributed by atoms with Crippen LogP contribution >= 0.6 is 0 Å². The number of benzene rings is 5. The quantitative estimate of drug-likeness (QED) is 0.231. The van der Waals surface area contributed by atoms with Gasteiger partial charge in [0.1, 0.15) is 0 Å². The minimum Gasteiger partial charge on any atom is -0.309 e. The number of aromatic nitrogens is 1. The van der Waals surface area contributed by atoms with Crippen molar-refractivity contribution < 1.29 is 26.0 Å². The molecule has 1 aliphatic rings. The highest BCUT2D eigenvalue weighted by molar-refractivity contribution is 6.09. The standard InChI is InChI=1S/C35H29N/c1-35(2,3)34-29(33-27-17-6-4-13-23(27)24-14-5-7-18-28(24)33)19-12-22-32(34)36-30-20-10-8-15-25(30)26-16-9-11-21-31(26)36/h4-22,33H,1-3H3/i4D,5D,6D,7D,8D,9D,10D,11D,12D,13D,14D,15D,16D,17D,18D,19D,20D,21D,22D. The molecule has 174 valence electrons. The van der Waals surface area contributed by atoms with Crippen molar-refractivity contribution in [3.63, 3.8) is 0 Å². The summed E-state index contributed by atoms with van der Waals surface area (Å²) in [5.41, 5.74) is -3.38. The Kier molecular flexibility index (Phi) is 2.01. The predicted octanol–water partition coefficient (Wildman–Crippen LogP) is 9.24. The fraction of sp³-hybridized carbons (Fsp3) is 0.143. The summed E-state index contributed by atoms with van der Waals surface area (Å²) in [7, 11) is 0. The molecule has 0 saturated heterocycles. The van der Waals surface area contributed by atoms with E-state index >= 15 is 0 Å². The summed E-state index contributed by atoms with van der Waals surface area (Å²) in [5, 5.41) is -0.592. The zero-order valence-electron chi connectivity index (χ0n) is 38.5. The second-order valence-electron chi connectivity index (χ2n) is 9.56. The molecule has 5 aromatic carbocycles. The summed E-state index contributed by atoms with van der Waals surface area (Å²) in [5.74, 6) is -1.58. The van der Waals surface area contributed by atoms with Crippen LogP contribution in [-0.4, -0.2) is 4.57 Å². The van der Waals surface area contributed by atoms with Gasteiger partial charge in [0, 0.05) is 16.7 Å². The van der Waals surface area contributed by atoms with Gasteiger partial charge in [-0.2, -0.15) is 0 Å². The van der Waals surface area contributed by atoms with E-state index in [1.54, 1.807) is 20.8 Å². The Morgan fingerprint density at radius 1 is 0.556 bits per heavy atom. The SMILES string of the molecule is [2H]c1c([2H])c([2H])c2c(c1[2H])-c1c([2H])c([2H])c([2H])c([2H])c1C2c1c([2H])c([2H])c([2H])c(-n2c3c([2H])c([2H])c([2H])c([2H])c3c3c([2H])c([2H])c([2H])c([2H])c32)c1C(C)(C)C. The van der Waals surface area contributed by atoms with Crippen LogP contribution in [0.25, 0.3) is 38.6 Å². The lowest BCUT2D eigenvalue weighted by Crippen LogP contribution is -2.20. The Morgan fingerprint density at radius 2 is 1.03 bits per heavy atom. The van der Waals surface area contributed by atoms with Gasteiger partial charge in [-0.15, -0.1) is 0 Å². The first kappa shape index (κ1) is 9.41. The third kappa shape index (κ3) is 2.96. The Balaban J connectivity index is 1.84. The third-order valence-electron chi connectivity index (χ3n) is 6.44. The highest BCUT2D eigenvalue weighted by atomic mass is 15.0. The lowest BCUT2D eigenvalue weighted by Gasteiger charge is -2.30. The number of hydrogen-bond donors (Lipinski definition) is 0. The van der Waals surface area contributed by atoms with E-state index in [1.807, 2.05) is 0 Å². The summed E-state index contributed by atoms with van der Waals surface area (Å²) >= 11 is 0. The van der Waals surface area contributed by atoms with Crippen LogP contribution in [0.4, 0.5) is 0 Å². The van der Waals surface area contributed by atoms with Crippen molar-refractivity contribution in [1.82, 2.24) is 4.57 Å². The van der Waals surface area contributed by atoms with Gasteiger partial charge < -0.3 is 4.57 Å². The minimum atomic E-state index is -1.58. The van der Waals surface area contributed by atoms with Gasteiger partial charge in [-0.3, -0.25) is 0 Å². The maximum atomic E-state index is 9.43. The number of rotatable bonds is 2. The molecule has 0 radical (unpaired) electrons. The highest BCUT2D eigenvalue weighted by Gasteiger charge is 2.34. The molecule has 0 atom stereocenters. The van der Waals surface area contributed by atoms with Crippen LogP contribution in [-0.2, 0) is 5.41 Å². The fourth-order valence-corrected chi connectivity index (χ4v) is 5.10. The number of nitrogens with zero attached hydrogens (tertiary/aromatic N) is 1. The van der Waals surface area contributed by atoms with E-state index in [4.69, 9.17) is 21.9 Å². The van der Waals surface area contributed by atoms with E-state index in [0.29, 0.717) is 0 Å². The maximum Gasteiger partial charge on any atom is 0.0645 e. The topological polar surface area (TPSA) is 4.93 Å². The van der Waals surface area contributed by atoms with E-state index in [0.717, 1.165) is 4.57 Å². The van der Waals surface area contributed by atoms with Gasteiger partial charge in [0.15, 0.2) is 0 Å². The maximum absolute atomic E-state index is 9.43. The molecule has 0 bridgehead atoms. The van der Waals surface area contributed by atoms with Crippen LogP contribution in [0.3, 0.4) is 0 Å². The van der Waals surface area contributed by atoms with Gasteiger partial charge in [0.25, 0.3) is 0 Å². The summed E-state index contributed by atoms with van der Waals surface area (Å²) in [6, 6.07) is -12.7. The molecular formula is C35H29N. The van der Waals surface area contributed by atoms with Gasteiger partial charge in [0.05, 0.1) is 42.8 Å². The molecular weight excluding hydrogens is 434 g/mol. The molecule has 1 heterocycles. The Morgan fingerprint density at radius 3 is 1.58 bits per heavy atom. The monoisotopic (exact) mass is 482 g/mol. The summed E-state index contributed by atoms with van der Waals surface area (Å²) in [6.07, 6.45) is 0. The lowest BCUT2D eigenvalue weighted by atomic mass is 9.76. The van der Waals surface area contributed by atoms with E-state index in [9.17, 15) is 4.11 Å². The first-order valence-corrected chi connectivity index (χ1v) is 11.3. The predicted molar refractivity (Wildman–Crippen MR) is 152 cm³/mol. The van der Waals surface area contributed by atoms with Gasteiger partial charge >= 0.3 is 0 Å². The first-order valence-electron chi connectivity index (χ1n) is 20.8. The summed E-state index contributed by atoms with van der Waals surface area (Å²) in [6.45, 7) is 4.94. The molecule has 0 spiro atoms. The van der Waals surface area contributed by atoms with Crippen LogP contribution in [0, 0.1) is 0 Å². The molecule has 0 aliphatic heterocycles. The average Bonchev–Trinajstić information content (AvgIpc) is 3.67. The molecule has 6 aromatic rings. The van der Waals surface area contributed by atoms with Gasteiger partial charge in [-0.05, 0) is 56.9 Å². The normalized spacial score (nSPS) is 20.7. The van der Waals surface area contributed by atoms with Gasteiger partial charge in [-0.1, -0.05) is 117 Å². The van der Waals surface area contributed by atoms with Crippen LogP contribution in [0.15, 0.2) is 115 Å². The number of fused-ring (bicyclic) bond motifs is 6. The Labute approximate surface area is 239 Å². The van der Waals surface area contributed by atoms with E-state index in [1.165, 1.54) is 0 Å². The van der Waals surface area contributed by atoms with Crippen molar-refractivity contribution >= 4 is 21.8 Å². The van der Waals surface area contributed by atoms with E-state index in [-0.39, 0.29) is 60.9 Å². The molecule has 36 heavy (non-hydrogen) atoms. The zero-order chi connectivity index (χ0) is 41.0. The molecule has 0 saturated carbocycles. The van der Waals surface area contributed by atoms with Crippen LogP contribution < -0.4 is 0 Å². The third-order valence-corrected chi connectivity index (χ3v) is 6.44. The van der Waals surface area contributed by atoms with Crippen LogP contribution in [0.5, 0.6) is 0 Å². The largest absolute Gasteiger partial charge is 0.309 e. The molecule has 1 heteroatoms. The van der Waals surface area contributed by atoms with Gasteiger partial charge in [0.2, 0.25) is 0 Å². The number of hydrogen-bond acceptors (Lipinski definition) is 0. The Hall–Kier alpha value is -4.10. The average molecular weight is 483 g/mol. The number of para-hydroxylation sites is 2. The van der Waals surface area contributed by atoms with E-state index < -0.39 is 126 Å². The smallest absolute Gasteiger partial charge is 0.0645 e. The van der Waals surface area contributed by atoms with Crippen LogP contribution in [0.1, 0.15) is 75.0 Å². The molecule has 7 rings (SSSR count). The molecule has 0 fully saturated rings. The Bertz CT molecular complexity index is 2650.